The molecule has 1 aromatic rings. The highest BCUT2D eigenvalue weighted by Gasteiger charge is 2.30. The summed E-state index contributed by atoms with van der Waals surface area (Å²) in [6, 6.07) is 6.43. The number of rotatable bonds is 6. The molecule has 0 spiro atoms. The lowest BCUT2D eigenvalue weighted by Gasteiger charge is -2.41. The van der Waals surface area contributed by atoms with Crippen molar-refractivity contribution in [3.8, 4) is 5.75 Å². The van der Waals surface area contributed by atoms with Crippen molar-refractivity contribution in [2.45, 2.75) is 52.6 Å². The smallest absolute Gasteiger partial charge is 0.123 e. The molecule has 1 fully saturated rings. The first-order chi connectivity index (χ1) is 10.2. The highest BCUT2D eigenvalue weighted by Crippen LogP contribution is 2.38. The van der Waals surface area contributed by atoms with Crippen LogP contribution in [0.25, 0.3) is 0 Å². The fourth-order valence-electron chi connectivity index (χ4n) is 3.46. The van der Waals surface area contributed by atoms with Crippen LogP contribution in [-0.2, 0) is 13.1 Å². The van der Waals surface area contributed by atoms with Crippen molar-refractivity contribution in [3.63, 3.8) is 0 Å². The molecule has 1 saturated heterocycles. The molecule has 0 atom stereocenters. The molecule has 0 saturated carbocycles. The minimum absolute atomic E-state index is 0.530. The summed E-state index contributed by atoms with van der Waals surface area (Å²) in [4.78, 5) is 2.57. The van der Waals surface area contributed by atoms with Gasteiger partial charge in [-0.25, -0.2) is 0 Å². The van der Waals surface area contributed by atoms with Crippen LogP contribution in [0.3, 0.4) is 0 Å². The second-order valence-electron chi connectivity index (χ2n) is 6.33. The molecule has 0 amide bonds. The summed E-state index contributed by atoms with van der Waals surface area (Å²) in [5, 5.41) is 0. The van der Waals surface area contributed by atoms with Gasteiger partial charge in [0.15, 0.2) is 0 Å². The van der Waals surface area contributed by atoms with Gasteiger partial charge in [-0.1, -0.05) is 38.8 Å². The molecule has 0 bridgehead atoms. The Kier molecular flexibility index (Phi) is 5.65. The van der Waals surface area contributed by atoms with Gasteiger partial charge >= 0.3 is 0 Å². The van der Waals surface area contributed by atoms with E-state index in [0.29, 0.717) is 12.0 Å². The van der Waals surface area contributed by atoms with Crippen molar-refractivity contribution in [3.05, 3.63) is 29.3 Å². The molecular weight excluding hydrogens is 260 g/mol. The number of hydrogen-bond donors (Lipinski definition) is 1. The number of piperidine rings is 1. The van der Waals surface area contributed by atoms with Crippen molar-refractivity contribution in [2.75, 3.05) is 20.2 Å². The summed E-state index contributed by atoms with van der Waals surface area (Å²) in [6.45, 7) is 8.66. The van der Waals surface area contributed by atoms with Gasteiger partial charge in [0.05, 0.1) is 7.11 Å². The maximum absolute atomic E-state index is 5.73. The minimum atomic E-state index is 0.530. The highest BCUT2D eigenvalue weighted by atomic mass is 16.5. The van der Waals surface area contributed by atoms with Gasteiger partial charge in [-0.05, 0) is 43.0 Å². The van der Waals surface area contributed by atoms with E-state index in [9.17, 15) is 0 Å². The maximum atomic E-state index is 5.73. The van der Waals surface area contributed by atoms with Crippen LogP contribution in [-0.4, -0.2) is 25.1 Å². The predicted molar refractivity (Wildman–Crippen MR) is 88.4 cm³/mol. The van der Waals surface area contributed by atoms with E-state index >= 15 is 0 Å². The molecule has 0 aromatic heterocycles. The lowest BCUT2D eigenvalue weighted by atomic mass is 9.74. The van der Waals surface area contributed by atoms with Gasteiger partial charge in [0, 0.05) is 18.7 Å². The summed E-state index contributed by atoms with van der Waals surface area (Å²) >= 11 is 0. The largest absolute Gasteiger partial charge is 0.496 e. The van der Waals surface area contributed by atoms with Gasteiger partial charge < -0.3 is 10.5 Å². The number of methoxy groups -OCH3 is 1. The highest BCUT2D eigenvalue weighted by molar-refractivity contribution is 5.37. The van der Waals surface area contributed by atoms with Crippen LogP contribution in [0.5, 0.6) is 5.75 Å². The van der Waals surface area contributed by atoms with Crippen LogP contribution in [0, 0.1) is 5.41 Å². The van der Waals surface area contributed by atoms with Gasteiger partial charge in [0.2, 0.25) is 0 Å². The molecule has 3 heteroatoms. The monoisotopic (exact) mass is 290 g/mol. The molecule has 0 radical (unpaired) electrons. The van der Waals surface area contributed by atoms with E-state index in [2.05, 4.69) is 36.9 Å². The van der Waals surface area contributed by atoms with E-state index in [1.807, 2.05) is 0 Å². The van der Waals surface area contributed by atoms with Crippen LogP contribution < -0.4 is 10.5 Å². The number of likely N-dealkylation sites (tertiary alicyclic amines) is 1. The topological polar surface area (TPSA) is 38.5 Å². The Bertz CT molecular complexity index is 445. The Morgan fingerprint density at radius 2 is 1.86 bits per heavy atom. The Hall–Kier alpha value is -1.06. The van der Waals surface area contributed by atoms with E-state index in [1.165, 1.54) is 44.3 Å². The van der Waals surface area contributed by atoms with Gasteiger partial charge in [0.1, 0.15) is 5.75 Å². The third kappa shape index (κ3) is 3.78. The number of ether oxygens (including phenoxy) is 1. The van der Waals surface area contributed by atoms with E-state index in [4.69, 9.17) is 10.5 Å². The summed E-state index contributed by atoms with van der Waals surface area (Å²) in [7, 11) is 1.72. The fraction of sp³-hybridized carbons (Fsp3) is 0.667. The summed E-state index contributed by atoms with van der Waals surface area (Å²) in [5.41, 5.74) is 8.73. The third-order valence-corrected chi connectivity index (χ3v) is 5.39. The molecule has 1 aliphatic heterocycles. The van der Waals surface area contributed by atoms with Crippen molar-refractivity contribution < 1.29 is 4.74 Å². The number of hydrogen-bond acceptors (Lipinski definition) is 3. The van der Waals surface area contributed by atoms with Crippen LogP contribution >= 0.6 is 0 Å². The van der Waals surface area contributed by atoms with Gasteiger partial charge in [-0.2, -0.15) is 0 Å². The molecule has 2 N–H and O–H groups in total. The van der Waals surface area contributed by atoms with Crippen molar-refractivity contribution >= 4 is 0 Å². The standard InChI is InChI=1S/C18H30N2O/c1-4-18(5-2)8-10-20(11-9-18)14-15-6-7-16(13-19)17(12-15)21-3/h6-7,12H,4-5,8-11,13-14,19H2,1-3H3. The first kappa shape index (κ1) is 16.3. The Balaban J connectivity index is 1.97. The molecule has 0 aliphatic carbocycles. The second kappa shape index (κ2) is 7.28. The predicted octanol–water partition coefficient (Wildman–Crippen LogP) is 3.56. The molecule has 1 heterocycles. The number of nitrogens with two attached hydrogens (primary N) is 1. The summed E-state index contributed by atoms with van der Waals surface area (Å²) in [5.74, 6) is 0.920. The quantitative estimate of drug-likeness (QED) is 0.870. The number of benzene rings is 1. The first-order valence-electron chi connectivity index (χ1n) is 8.24. The Labute approximate surface area is 129 Å². The van der Waals surface area contributed by atoms with E-state index in [-0.39, 0.29) is 0 Å². The molecule has 21 heavy (non-hydrogen) atoms. The molecule has 118 valence electrons. The normalized spacial score (nSPS) is 18.7. The average molecular weight is 290 g/mol. The zero-order valence-corrected chi connectivity index (χ0v) is 13.8. The average Bonchev–Trinajstić information content (AvgIpc) is 2.55. The lowest BCUT2D eigenvalue weighted by Crippen LogP contribution is -2.39. The fourth-order valence-corrected chi connectivity index (χ4v) is 3.46. The van der Waals surface area contributed by atoms with E-state index in [1.54, 1.807) is 7.11 Å². The third-order valence-electron chi connectivity index (χ3n) is 5.39. The van der Waals surface area contributed by atoms with Gasteiger partial charge in [0.25, 0.3) is 0 Å². The summed E-state index contributed by atoms with van der Waals surface area (Å²) < 4.78 is 5.44. The zero-order valence-electron chi connectivity index (χ0n) is 13.8. The zero-order chi connectivity index (χ0) is 15.3. The lowest BCUT2D eigenvalue weighted by molar-refractivity contribution is 0.0908. The van der Waals surface area contributed by atoms with E-state index in [0.717, 1.165) is 17.9 Å². The second-order valence-corrected chi connectivity index (χ2v) is 6.33. The number of nitrogens with zero attached hydrogens (tertiary/aromatic N) is 1. The van der Waals surface area contributed by atoms with Crippen LogP contribution in [0.4, 0.5) is 0 Å². The minimum Gasteiger partial charge on any atom is -0.496 e. The van der Waals surface area contributed by atoms with Crippen molar-refractivity contribution in [2.24, 2.45) is 11.1 Å². The molecule has 2 rings (SSSR count). The van der Waals surface area contributed by atoms with Gasteiger partial charge in [-0.15, -0.1) is 0 Å². The van der Waals surface area contributed by atoms with Crippen molar-refractivity contribution in [1.29, 1.82) is 0 Å². The SMILES string of the molecule is CCC1(CC)CCN(Cc2ccc(CN)c(OC)c2)CC1. The van der Waals surface area contributed by atoms with Crippen molar-refractivity contribution in [1.82, 2.24) is 4.90 Å². The molecule has 0 unspecified atom stereocenters. The Morgan fingerprint density at radius 1 is 1.19 bits per heavy atom. The van der Waals surface area contributed by atoms with E-state index < -0.39 is 0 Å². The Morgan fingerprint density at radius 3 is 2.38 bits per heavy atom. The van der Waals surface area contributed by atoms with Gasteiger partial charge in [-0.3, -0.25) is 4.90 Å². The molecular formula is C18H30N2O. The van der Waals surface area contributed by atoms with Crippen LogP contribution in [0.15, 0.2) is 18.2 Å². The molecule has 1 aromatic carbocycles. The maximum Gasteiger partial charge on any atom is 0.123 e. The molecule has 3 nitrogen and oxygen atoms in total. The first-order valence-corrected chi connectivity index (χ1v) is 8.24. The molecule has 1 aliphatic rings. The summed E-state index contributed by atoms with van der Waals surface area (Å²) in [6.07, 6.45) is 5.29. The van der Waals surface area contributed by atoms with Crippen LogP contribution in [0.1, 0.15) is 50.7 Å². The van der Waals surface area contributed by atoms with Crippen LogP contribution in [0.2, 0.25) is 0 Å².